The van der Waals surface area contributed by atoms with Crippen LogP contribution in [0.4, 0.5) is 17.2 Å². The van der Waals surface area contributed by atoms with Crippen LogP contribution in [0.1, 0.15) is 17.7 Å². The highest BCUT2D eigenvalue weighted by Crippen LogP contribution is 2.18. The third-order valence-electron chi connectivity index (χ3n) is 4.53. The minimum Gasteiger partial charge on any atom is -0.339 e. The summed E-state index contributed by atoms with van der Waals surface area (Å²) >= 11 is 0. The predicted molar refractivity (Wildman–Crippen MR) is 117 cm³/mol. The zero-order valence-electron chi connectivity index (χ0n) is 16.6. The summed E-state index contributed by atoms with van der Waals surface area (Å²) in [5, 5.41) is 18.8. The number of nitrogens with one attached hydrogen (secondary N) is 2. The van der Waals surface area contributed by atoms with Crippen molar-refractivity contribution in [1.82, 2.24) is 20.0 Å². The number of hydrogen-bond donors (Lipinski definition) is 2. The summed E-state index contributed by atoms with van der Waals surface area (Å²) < 4.78 is 1.68. The normalized spacial score (nSPS) is 10.6. The fourth-order valence-electron chi connectivity index (χ4n) is 2.97. The molecular weight excluding hydrogens is 376 g/mol. The molecule has 0 atom stereocenters. The van der Waals surface area contributed by atoms with Gasteiger partial charge in [0.2, 0.25) is 5.91 Å². The number of carbonyl (C=O) groups excluding carboxylic acids is 1. The van der Waals surface area contributed by atoms with Crippen LogP contribution in [0, 0.1) is 6.92 Å². The topological polar surface area (TPSA) is 84.7 Å². The van der Waals surface area contributed by atoms with Crippen molar-refractivity contribution in [1.29, 1.82) is 0 Å². The number of aromatic nitrogens is 4. The quantitative estimate of drug-likeness (QED) is 0.485. The molecule has 0 bridgehead atoms. The fraction of sp³-hybridized carbons (Fsp3) is 0.130. The fourth-order valence-corrected chi connectivity index (χ4v) is 2.97. The number of anilines is 3. The zero-order valence-corrected chi connectivity index (χ0v) is 16.6. The second-order valence-corrected chi connectivity index (χ2v) is 6.91. The van der Waals surface area contributed by atoms with E-state index in [2.05, 4.69) is 25.9 Å². The Morgan fingerprint density at radius 3 is 2.33 bits per heavy atom. The molecule has 0 fully saturated rings. The van der Waals surface area contributed by atoms with Crippen LogP contribution in [0.5, 0.6) is 0 Å². The third-order valence-corrected chi connectivity index (χ3v) is 4.53. The lowest BCUT2D eigenvalue weighted by Gasteiger charge is -2.08. The van der Waals surface area contributed by atoms with Gasteiger partial charge in [-0.3, -0.25) is 4.79 Å². The summed E-state index contributed by atoms with van der Waals surface area (Å²) in [6.45, 7) is 1.93. The first-order valence-electron chi connectivity index (χ1n) is 9.73. The standard InChI is InChI=1S/C23H22N6O/c1-17-15-16-29(28-17)22-13-12-21(26-27-22)24-19-8-10-20(11-9-19)25-23(30)14-7-18-5-3-2-4-6-18/h2-6,8-13,15-16H,7,14H2,1H3,(H,24,26)(H,25,30). The first-order valence-corrected chi connectivity index (χ1v) is 9.73. The van der Waals surface area contributed by atoms with Gasteiger partial charge < -0.3 is 10.6 Å². The van der Waals surface area contributed by atoms with Crippen LogP contribution in [0.15, 0.2) is 79.0 Å². The molecule has 30 heavy (non-hydrogen) atoms. The van der Waals surface area contributed by atoms with Gasteiger partial charge in [0, 0.05) is 24.0 Å². The van der Waals surface area contributed by atoms with E-state index in [-0.39, 0.29) is 5.91 Å². The van der Waals surface area contributed by atoms with Crippen LogP contribution >= 0.6 is 0 Å². The maximum Gasteiger partial charge on any atom is 0.224 e. The first kappa shape index (κ1) is 19.3. The molecule has 150 valence electrons. The van der Waals surface area contributed by atoms with Crippen molar-refractivity contribution in [2.24, 2.45) is 0 Å². The van der Waals surface area contributed by atoms with E-state index < -0.39 is 0 Å². The number of nitrogens with zero attached hydrogens (tertiary/aromatic N) is 4. The Bertz CT molecular complexity index is 1100. The maximum absolute atomic E-state index is 12.2. The van der Waals surface area contributed by atoms with E-state index in [0.29, 0.717) is 18.1 Å². The Labute approximate surface area is 174 Å². The van der Waals surface area contributed by atoms with E-state index in [1.807, 2.05) is 85.9 Å². The Morgan fingerprint density at radius 2 is 1.67 bits per heavy atom. The van der Waals surface area contributed by atoms with Gasteiger partial charge in [-0.1, -0.05) is 30.3 Å². The molecule has 2 N–H and O–H groups in total. The summed E-state index contributed by atoms with van der Waals surface area (Å²) in [6.07, 6.45) is 3.01. The molecule has 4 aromatic rings. The summed E-state index contributed by atoms with van der Waals surface area (Å²) in [4.78, 5) is 12.2. The summed E-state index contributed by atoms with van der Waals surface area (Å²) in [7, 11) is 0. The van der Waals surface area contributed by atoms with Crippen LogP contribution in [0.2, 0.25) is 0 Å². The van der Waals surface area contributed by atoms with Crippen molar-refractivity contribution in [2.75, 3.05) is 10.6 Å². The molecule has 0 spiro atoms. The van der Waals surface area contributed by atoms with Crippen LogP contribution in [0.3, 0.4) is 0 Å². The Balaban J connectivity index is 1.30. The van der Waals surface area contributed by atoms with Gasteiger partial charge in [-0.05, 0) is 61.4 Å². The van der Waals surface area contributed by atoms with Gasteiger partial charge in [0.05, 0.1) is 5.69 Å². The van der Waals surface area contributed by atoms with Crippen molar-refractivity contribution < 1.29 is 4.79 Å². The molecule has 0 aliphatic rings. The number of aryl methyl sites for hydroxylation is 2. The van der Waals surface area contributed by atoms with Crippen LogP contribution in [-0.4, -0.2) is 25.9 Å². The molecule has 0 saturated heterocycles. The van der Waals surface area contributed by atoms with E-state index >= 15 is 0 Å². The SMILES string of the molecule is Cc1ccn(-c2ccc(Nc3ccc(NC(=O)CCc4ccccc4)cc3)nn2)n1. The average Bonchev–Trinajstić information content (AvgIpc) is 3.21. The summed E-state index contributed by atoms with van der Waals surface area (Å²) in [5.74, 6) is 1.28. The van der Waals surface area contributed by atoms with E-state index in [1.165, 1.54) is 0 Å². The van der Waals surface area contributed by atoms with Crippen LogP contribution in [-0.2, 0) is 11.2 Å². The van der Waals surface area contributed by atoms with Gasteiger partial charge in [0.15, 0.2) is 11.6 Å². The molecule has 4 rings (SSSR count). The van der Waals surface area contributed by atoms with E-state index in [4.69, 9.17) is 0 Å². The summed E-state index contributed by atoms with van der Waals surface area (Å²) in [5.41, 5.74) is 3.69. The molecule has 7 heteroatoms. The molecule has 0 aliphatic carbocycles. The molecule has 1 amide bonds. The van der Waals surface area contributed by atoms with Crippen LogP contribution < -0.4 is 10.6 Å². The van der Waals surface area contributed by atoms with E-state index in [1.54, 1.807) is 4.68 Å². The van der Waals surface area contributed by atoms with Crippen molar-refractivity contribution >= 4 is 23.1 Å². The number of amides is 1. The second-order valence-electron chi connectivity index (χ2n) is 6.91. The molecule has 2 aromatic heterocycles. The number of benzene rings is 2. The number of hydrogen-bond acceptors (Lipinski definition) is 5. The number of carbonyl (C=O) groups is 1. The highest BCUT2D eigenvalue weighted by Gasteiger charge is 2.05. The molecule has 2 heterocycles. The second kappa shape index (κ2) is 9.00. The molecule has 2 aromatic carbocycles. The molecule has 7 nitrogen and oxygen atoms in total. The van der Waals surface area contributed by atoms with Gasteiger partial charge in [0.25, 0.3) is 0 Å². The first-order chi connectivity index (χ1) is 14.7. The maximum atomic E-state index is 12.2. The van der Waals surface area contributed by atoms with Crippen LogP contribution in [0.25, 0.3) is 5.82 Å². The van der Waals surface area contributed by atoms with Crippen molar-refractivity contribution in [3.63, 3.8) is 0 Å². The van der Waals surface area contributed by atoms with Crippen molar-refractivity contribution in [2.45, 2.75) is 19.8 Å². The minimum absolute atomic E-state index is 0.00474. The highest BCUT2D eigenvalue weighted by atomic mass is 16.1. The Kier molecular flexibility index (Phi) is 5.80. The molecule has 0 unspecified atom stereocenters. The summed E-state index contributed by atoms with van der Waals surface area (Å²) in [6, 6.07) is 23.1. The van der Waals surface area contributed by atoms with Gasteiger partial charge in [-0.15, -0.1) is 10.2 Å². The third kappa shape index (κ3) is 5.08. The van der Waals surface area contributed by atoms with E-state index in [0.717, 1.165) is 29.1 Å². The lowest BCUT2D eigenvalue weighted by atomic mass is 10.1. The Morgan fingerprint density at radius 1 is 0.900 bits per heavy atom. The van der Waals surface area contributed by atoms with E-state index in [9.17, 15) is 4.79 Å². The largest absolute Gasteiger partial charge is 0.339 e. The monoisotopic (exact) mass is 398 g/mol. The van der Waals surface area contributed by atoms with Crippen molar-refractivity contribution in [3.05, 3.63) is 90.3 Å². The van der Waals surface area contributed by atoms with Gasteiger partial charge in [-0.25, -0.2) is 4.68 Å². The average molecular weight is 398 g/mol. The highest BCUT2D eigenvalue weighted by molar-refractivity contribution is 5.91. The Hall–Kier alpha value is -4.00. The lowest BCUT2D eigenvalue weighted by Crippen LogP contribution is -2.12. The van der Waals surface area contributed by atoms with Gasteiger partial charge in [0.1, 0.15) is 0 Å². The van der Waals surface area contributed by atoms with Gasteiger partial charge in [-0.2, -0.15) is 5.10 Å². The van der Waals surface area contributed by atoms with Gasteiger partial charge >= 0.3 is 0 Å². The molecule has 0 saturated carbocycles. The zero-order chi connectivity index (χ0) is 20.8. The lowest BCUT2D eigenvalue weighted by molar-refractivity contribution is -0.116. The predicted octanol–water partition coefficient (Wildman–Crippen LogP) is 4.29. The molecule has 0 radical (unpaired) electrons. The molecule has 0 aliphatic heterocycles. The molecular formula is C23H22N6O. The minimum atomic E-state index is -0.00474. The smallest absolute Gasteiger partial charge is 0.224 e. The van der Waals surface area contributed by atoms with Crippen molar-refractivity contribution in [3.8, 4) is 5.82 Å². The number of rotatable bonds is 7.